The third-order valence-electron chi connectivity index (χ3n) is 2.95. The Hall–Kier alpha value is -2.73. The number of carbonyl (C=O) groups is 3. The molecular formula is C17H13BrN2O3. The smallest absolute Gasteiger partial charge is 0.248 e. The first-order valence-electron chi connectivity index (χ1n) is 6.64. The second-order valence-corrected chi connectivity index (χ2v) is 5.55. The minimum absolute atomic E-state index is 0.267. The molecule has 0 aromatic heterocycles. The van der Waals surface area contributed by atoms with Crippen molar-refractivity contribution in [2.75, 3.05) is 5.32 Å². The Labute approximate surface area is 141 Å². The fourth-order valence-electron chi connectivity index (χ4n) is 1.76. The van der Waals surface area contributed by atoms with Gasteiger partial charge in [-0.3, -0.25) is 14.4 Å². The zero-order valence-corrected chi connectivity index (χ0v) is 13.5. The van der Waals surface area contributed by atoms with Gasteiger partial charge in [0.2, 0.25) is 11.8 Å². The average molecular weight is 373 g/mol. The van der Waals surface area contributed by atoms with Crippen molar-refractivity contribution in [2.45, 2.75) is 0 Å². The maximum atomic E-state index is 11.9. The zero-order chi connectivity index (χ0) is 16.8. The number of ketones is 1. The fourth-order valence-corrected chi connectivity index (χ4v) is 2.03. The highest BCUT2D eigenvalue weighted by atomic mass is 79.9. The fraction of sp³-hybridized carbons (Fsp3) is 0. The Bertz CT molecular complexity index is 765. The monoisotopic (exact) mass is 372 g/mol. The number of primary amides is 1. The van der Waals surface area contributed by atoms with Gasteiger partial charge < -0.3 is 11.1 Å². The molecular weight excluding hydrogens is 360 g/mol. The number of carbonyl (C=O) groups excluding carboxylic acids is 3. The Morgan fingerprint density at radius 3 is 2.00 bits per heavy atom. The number of rotatable bonds is 5. The van der Waals surface area contributed by atoms with Crippen molar-refractivity contribution >= 4 is 39.2 Å². The number of hydrogen-bond acceptors (Lipinski definition) is 3. The molecule has 0 aliphatic carbocycles. The van der Waals surface area contributed by atoms with Crippen LogP contribution >= 0.6 is 15.9 Å². The Morgan fingerprint density at radius 1 is 0.870 bits per heavy atom. The van der Waals surface area contributed by atoms with Crippen molar-refractivity contribution in [2.24, 2.45) is 5.73 Å². The molecule has 0 spiro atoms. The lowest BCUT2D eigenvalue weighted by molar-refractivity contribution is -0.111. The third-order valence-corrected chi connectivity index (χ3v) is 3.48. The second kappa shape index (κ2) is 7.51. The Morgan fingerprint density at radius 2 is 1.43 bits per heavy atom. The molecule has 6 heteroatoms. The lowest BCUT2D eigenvalue weighted by Crippen LogP contribution is -2.12. The van der Waals surface area contributed by atoms with E-state index in [0.29, 0.717) is 16.8 Å². The van der Waals surface area contributed by atoms with Crippen molar-refractivity contribution in [1.29, 1.82) is 0 Å². The largest absolute Gasteiger partial charge is 0.366 e. The van der Waals surface area contributed by atoms with Crippen LogP contribution in [0.2, 0.25) is 0 Å². The Balaban J connectivity index is 1.97. The minimum Gasteiger partial charge on any atom is -0.366 e. The molecule has 2 aromatic rings. The first-order valence-corrected chi connectivity index (χ1v) is 7.44. The van der Waals surface area contributed by atoms with Crippen LogP contribution in [0.15, 0.2) is 65.2 Å². The maximum absolute atomic E-state index is 11.9. The van der Waals surface area contributed by atoms with E-state index in [4.69, 9.17) is 5.73 Å². The molecule has 23 heavy (non-hydrogen) atoms. The van der Waals surface area contributed by atoms with Gasteiger partial charge in [0.25, 0.3) is 0 Å². The van der Waals surface area contributed by atoms with E-state index in [9.17, 15) is 14.4 Å². The maximum Gasteiger partial charge on any atom is 0.248 e. The number of allylic oxidation sites excluding steroid dienone is 1. The van der Waals surface area contributed by atoms with Gasteiger partial charge in [0.05, 0.1) is 0 Å². The summed E-state index contributed by atoms with van der Waals surface area (Å²) in [6.45, 7) is 0. The molecule has 0 aliphatic rings. The summed E-state index contributed by atoms with van der Waals surface area (Å²) in [4.78, 5) is 34.6. The summed E-state index contributed by atoms with van der Waals surface area (Å²) < 4.78 is 0.871. The van der Waals surface area contributed by atoms with E-state index in [2.05, 4.69) is 21.2 Å². The number of benzene rings is 2. The highest BCUT2D eigenvalue weighted by molar-refractivity contribution is 9.10. The van der Waals surface area contributed by atoms with Crippen LogP contribution in [0, 0.1) is 0 Å². The van der Waals surface area contributed by atoms with Crippen LogP contribution in [0.1, 0.15) is 20.7 Å². The van der Waals surface area contributed by atoms with Gasteiger partial charge in [0.1, 0.15) is 0 Å². The topological polar surface area (TPSA) is 89.3 Å². The van der Waals surface area contributed by atoms with Crippen molar-refractivity contribution in [1.82, 2.24) is 0 Å². The number of nitrogens with one attached hydrogen (secondary N) is 1. The average Bonchev–Trinajstić information content (AvgIpc) is 2.54. The molecule has 3 N–H and O–H groups in total. The Kier molecular flexibility index (Phi) is 5.43. The summed E-state index contributed by atoms with van der Waals surface area (Å²) in [5.41, 5.74) is 6.47. The minimum atomic E-state index is -0.539. The molecule has 0 saturated heterocycles. The predicted octanol–water partition coefficient (Wildman–Crippen LogP) is 2.93. The van der Waals surface area contributed by atoms with Crippen LogP contribution in [0.25, 0.3) is 0 Å². The van der Waals surface area contributed by atoms with Crippen LogP contribution in [0.3, 0.4) is 0 Å². The van der Waals surface area contributed by atoms with Crippen LogP contribution < -0.4 is 11.1 Å². The summed E-state index contributed by atoms with van der Waals surface area (Å²) >= 11 is 3.29. The first kappa shape index (κ1) is 16.6. The molecule has 5 nitrogen and oxygen atoms in total. The lowest BCUT2D eigenvalue weighted by atomic mass is 10.1. The van der Waals surface area contributed by atoms with Crippen LogP contribution in [0.4, 0.5) is 5.69 Å². The number of halogens is 1. The molecule has 0 radical (unpaired) electrons. The van der Waals surface area contributed by atoms with Crippen LogP contribution in [-0.2, 0) is 4.79 Å². The van der Waals surface area contributed by atoms with E-state index in [-0.39, 0.29) is 5.78 Å². The van der Waals surface area contributed by atoms with E-state index in [0.717, 1.165) is 10.5 Å². The van der Waals surface area contributed by atoms with Gasteiger partial charge in [0, 0.05) is 27.4 Å². The number of nitrogens with two attached hydrogens (primary N) is 1. The van der Waals surface area contributed by atoms with E-state index < -0.39 is 11.8 Å². The van der Waals surface area contributed by atoms with Gasteiger partial charge in [0.15, 0.2) is 5.78 Å². The molecule has 2 aromatic carbocycles. The molecule has 0 saturated carbocycles. The zero-order valence-electron chi connectivity index (χ0n) is 12.0. The van der Waals surface area contributed by atoms with Crippen molar-refractivity contribution in [3.63, 3.8) is 0 Å². The number of anilines is 1. The molecule has 116 valence electrons. The molecule has 0 unspecified atom stereocenters. The van der Waals surface area contributed by atoms with Gasteiger partial charge in [-0.05, 0) is 54.6 Å². The van der Waals surface area contributed by atoms with Crippen molar-refractivity contribution in [3.8, 4) is 0 Å². The normalized spacial score (nSPS) is 10.5. The van der Waals surface area contributed by atoms with E-state index >= 15 is 0 Å². The summed E-state index contributed by atoms with van der Waals surface area (Å²) in [6, 6.07) is 13.0. The molecule has 0 bridgehead atoms. The van der Waals surface area contributed by atoms with Crippen LogP contribution in [0.5, 0.6) is 0 Å². The molecule has 0 fully saturated rings. The molecule has 0 aliphatic heterocycles. The SMILES string of the molecule is NC(=O)c1ccc(NC(=O)/C=C/C(=O)c2ccc(Br)cc2)cc1. The van der Waals surface area contributed by atoms with Gasteiger partial charge in [-0.25, -0.2) is 0 Å². The summed E-state index contributed by atoms with van der Waals surface area (Å²) in [5.74, 6) is -1.25. The standard InChI is InChI=1S/C17H13BrN2O3/c18-13-5-1-11(2-6-13)15(21)9-10-16(22)20-14-7-3-12(4-8-14)17(19)23/h1-10H,(H2,19,23)(H,20,22)/b10-9+. The molecule has 0 atom stereocenters. The number of amides is 2. The second-order valence-electron chi connectivity index (χ2n) is 4.64. The summed E-state index contributed by atoms with van der Waals surface area (Å²) in [7, 11) is 0. The number of hydrogen-bond donors (Lipinski definition) is 2. The molecule has 2 rings (SSSR count). The highest BCUT2D eigenvalue weighted by Gasteiger charge is 2.04. The molecule has 2 amide bonds. The lowest BCUT2D eigenvalue weighted by Gasteiger charge is -2.02. The highest BCUT2D eigenvalue weighted by Crippen LogP contribution is 2.12. The quantitative estimate of drug-likeness (QED) is 0.624. The van der Waals surface area contributed by atoms with Gasteiger partial charge in [-0.2, -0.15) is 0 Å². The van der Waals surface area contributed by atoms with Gasteiger partial charge in [-0.15, -0.1) is 0 Å². The van der Waals surface area contributed by atoms with E-state index in [1.165, 1.54) is 18.2 Å². The van der Waals surface area contributed by atoms with Crippen molar-refractivity contribution in [3.05, 3.63) is 76.3 Å². The van der Waals surface area contributed by atoms with Crippen molar-refractivity contribution < 1.29 is 14.4 Å². The van der Waals surface area contributed by atoms with Crippen LogP contribution in [-0.4, -0.2) is 17.6 Å². The third kappa shape index (κ3) is 4.89. The predicted molar refractivity (Wildman–Crippen MR) is 91.2 cm³/mol. The summed E-state index contributed by atoms with van der Waals surface area (Å²) in [5, 5.41) is 2.59. The van der Waals surface area contributed by atoms with Gasteiger partial charge >= 0.3 is 0 Å². The first-order chi connectivity index (χ1) is 11.0. The van der Waals surface area contributed by atoms with Gasteiger partial charge in [-0.1, -0.05) is 15.9 Å². The molecule has 0 heterocycles. The van der Waals surface area contributed by atoms with E-state index in [1.54, 1.807) is 36.4 Å². The summed E-state index contributed by atoms with van der Waals surface area (Å²) in [6.07, 6.45) is 2.36. The van der Waals surface area contributed by atoms with E-state index in [1.807, 2.05) is 0 Å².